The number of benzene rings is 2. The lowest BCUT2D eigenvalue weighted by Crippen LogP contribution is -2.26. The Kier molecular flexibility index (Phi) is 4.09. The topological polar surface area (TPSA) is 38.3 Å². The summed E-state index contributed by atoms with van der Waals surface area (Å²) < 4.78 is 18.9. The molecule has 114 valence electrons. The van der Waals surface area contributed by atoms with Crippen molar-refractivity contribution in [3.63, 3.8) is 0 Å². The lowest BCUT2D eigenvalue weighted by Gasteiger charge is -2.13. The maximum absolute atomic E-state index is 13.1. The van der Waals surface area contributed by atoms with Crippen LogP contribution in [0.4, 0.5) is 4.39 Å². The second-order valence-electron chi connectivity index (χ2n) is 5.54. The fraction of sp³-hybridized carbons (Fsp3) is 0.278. The van der Waals surface area contributed by atoms with E-state index in [0.29, 0.717) is 13.2 Å². The molecule has 1 amide bonds. The molecule has 1 atom stereocenters. The van der Waals surface area contributed by atoms with E-state index >= 15 is 0 Å². The molecule has 0 aliphatic carbocycles. The minimum absolute atomic E-state index is 0.0622. The Morgan fingerprint density at radius 2 is 2.14 bits per heavy atom. The van der Waals surface area contributed by atoms with Gasteiger partial charge >= 0.3 is 0 Å². The minimum atomic E-state index is -0.263. The molecule has 2 aromatic carbocycles. The Labute approximate surface area is 129 Å². The van der Waals surface area contributed by atoms with Gasteiger partial charge in [0, 0.05) is 6.54 Å². The number of nitrogens with one attached hydrogen (secondary N) is 1. The second-order valence-corrected chi connectivity index (χ2v) is 5.54. The van der Waals surface area contributed by atoms with Crippen LogP contribution in [0.2, 0.25) is 0 Å². The van der Waals surface area contributed by atoms with E-state index < -0.39 is 0 Å². The smallest absolute Gasteiger partial charge is 0.227 e. The number of halogens is 1. The fourth-order valence-electron chi connectivity index (χ4n) is 2.72. The van der Waals surface area contributed by atoms with Gasteiger partial charge in [-0.1, -0.05) is 18.2 Å². The summed E-state index contributed by atoms with van der Waals surface area (Å²) in [6, 6.07) is 12.2. The summed E-state index contributed by atoms with van der Waals surface area (Å²) in [5.41, 5.74) is 2.97. The molecule has 1 N–H and O–H groups in total. The first-order valence-electron chi connectivity index (χ1n) is 7.41. The van der Waals surface area contributed by atoms with Gasteiger partial charge in [-0.25, -0.2) is 4.39 Å². The van der Waals surface area contributed by atoms with Gasteiger partial charge in [0.1, 0.15) is 18.2 Å². The lowest BCUT2D eigenvalue weighted by molar-refractivity contribution is -0.122. The van der Waals surface area contributed by atoms with E-state index in [1.807, 2.05) is 31.2 Å². The van der Waals surface area contributed by atoms with Crippen LogP contribution in [0.25, 0.3) is 0 Å². The summed E-state index contributed by atoms with van der Waals surface area (Å²) in [5.74, 6) is 0.396. The van der Waals surface area contributed by atoms with Crippen molar-refractivity contribution in [1.82, 2.24) is 5.32 Å². The molecule has 0 spiro atoms. The summed E-state index contributed by atoms with van der Waals surface area (Å²) in [4.78, 5) is 11.8. The number of ether oxygens (including phenoxy) is 1. The highest BCUT2D eigenvalue weighted by molar-refractivity contribution is 5.84. The average molecular weight is 299 g/mol. The third-order valence-corrected chi connectivity index (χ3v) is 3.96. The molecule has 2 aromatic rings. The molecule has 22 heavy (non-hydrogen) atoms. The van der Waals surface area contributed by atoms with Crippen LogP contribution in [0.15, 0.2) is 42.5 Å². The van der Waals surface area contributed by atoms with E-state index in [0.717, 1.165) is 28.9 Å². The van der Waals surface area contributed by atoms with Gasteiger partial charge in [0.05, 0.1) is 5.92 Å². The Bertz CT molecular complexity index is 699. The fourth-order valence-corrected chi connectivity index (χ4v) is 2.72. The van der Waals surface area contributed by atoms with Gasteiger partial charge in [-0.3, -0.25) is 4.79 Å². The van der Waals surface area contributed by atoms with Crippen molar-refractivity contribution in [3.05, 3.63) is 65.0 Å². The van der Waals surface area contributed by atoms with Crippen LogP contribution in [0.5, 0.6) is 5.75 Å². The van der Waals surface area contributed by atoms with Crippen LogP contribution in [0.3, 0.4) is 0 Å². The van der Waals surface area contributed by atoms with E-state index in [1.165, 1.54) is 12.1 Å². The summed E-state index contributed by atoms with van der Waals surface area (Å²) in [6.07, 6.45) is 0.794. The number of carbonyl (C=O) groups excluding carboxylic acids is 1. The number of rotatable bonds is 3. The largest absolute Gasteiger partial charge is 0.489 e. The molecule has 3 rings (SSSR count). The molecule has 0 saturated carbocycles. The standard InChI is InChI=1S/C18H18FNO2/c1-12-17-6-5-16(10-14(17)7-8-20-18(12)21)22-11-13-3-2-4-15(19)9-13/h2-6,9-10,12H,7-8,11H2,1H3,(H,20,21)/t12-/m1/s1. The van der Waals surface area contributed by atoms with E-state index in [2.05, 4.69) is 5.32 Å². The van der Waals surface area contributed by atoms with Crippen molar-refractivity contribution in [3.8, 4) is 5.75 Å². The van der Waals surface area contributed by atoms with Gasteiger partial charge in [0.15, 0.2) is 0 Å². The maximum atomic E-state index is 13.1. The monoisotopic (exact) mass is 299 g/mol. The molecule has 0 fully saturated rings. The van der Waals surface area contributed by atoms with Crippen LogP contribution in [0, 0.1) is 5.82 Å². The third kappa shape index (κ3) is 3.11. The number of hydrogen-bond acceptors (Lipinski definition) is 2. The van der Waals surface area contributed by atoms with Gasteiger partial charge < -0.3 is 10.1 Å². The molecule has 0 bridgehead atoms. The van der Waals surface area contributed by atoms with E-state index in [4.69, 9.17) is 4.74 Å². The van der Waals surface area contributed by atoms with Gasteiger partial charge in [0.2, 0.25) is 5.91 Å². The Morgan fingerprint density at radius 1 is 1.27 bits per heavy atom. The summed E-state index contributed by atoms with van der Waals surface area (Å²) in [6.45, 7) is 2.87. The van der Waals surface area contributed by atoms with Crippen LogP contribution in [-0.4, -0.2) is 12.5 Å². The number of amides is 1. The molecule has 0 unspecified atom stereocenters. The summed E-state index contributed by atoms with van der Waals surface area (Å²) in [5, 5.41) is 2.90. The van der Waals surface area contributed by atoms with E-state index in [-0.39, 0.29) is 17.6 Å². The molecule has 3 nitrogen and oxygen atoms in total. The zero-order chi connectivity index (χ0) is 15.5. The first kappa shape index (κ1) is 14.6. The molecule has 0 radical (unpaired) electrons. The highest BCUT2D eigenvalue weighted by Gasteiger charge is 2.21. The zero-order valence-corrected chi connectivity index (χ0v) is 12.4. The lowest BCUT2D eigenvalue weighted by atomic mass is 9.95. The van der Waals surface area contributed by atoms with Crippen LogP contribution in [0.1, 0.15) is 29.5 Å². The first-order chi connectivity index (χ1) is 10.6. The second kappa shape index (κ2) is 6.18. The molecular formula is C18H18FNO2. The molecule has 0 saturated heterocycles. The minimum Gasteiger partial charge on any atom is -0.489 e. The number of fused-ring (bicyclic) bond motifs is 1. The number of carbonyl (C=O) groups is 1. The highest BCUT2D eigenvalue weighted by Crippen LogP contribution is 2.27. The Morgan fingerprint density at radius 3 is 2.95 bits per heavy atom. The van der Waals surface area contributed by atoms with Gasteiger partial charge in [-0.05, 0) is 54.3 Å². The Hall–Kier alpha value is -2.36. The van der Waals surface area contributed by atoms with Crippen LogP contribution >= 0.6 is 0 Å². The van der Waals surface area contributed by atoms with Crippen molar-refractivity contribution in [1.29, 1.82) is 0 Å². The molecule has 4 heteroatoms. The normalized spacial score (nSPS) is 17.4. The van der Waals surface area contributed by atoms with Crippen molar-refractivity contribution in [2.24, 2.45) is 0 Å². The van der Waals surface area contributed by atoms with Crippen molar-refractivity contribution >= 4 is 5.91 Å². The van der Waals surface area contributed by atoms with Crippen molar-refractivity contribution in [2.75, 3.05) is 6.54 Å². The molecule has 1 heterocycles. The van der Waals surface area contributed by atoms with Crippen molar-refractivity contribution in [2.45, 2.75) is 25.9 Å². The predicted octanol–water partition coefficient (Wildman–Crippen LogP) is 3.18. The van der Waals surface area contributed by atoms with E-state index in [1.54, 1.807) is 6.07 Å². The molecule has 1 aliphatic rings. The van der Waals surface area contributed by atoms with Crippen LogP contribution in [-0.2, 0) is 17.8 Å². The predicted molar refractivity (Wildman–Crippen MR) is 82.3 cm³/mol. The quantitative estimate of drug-likeness (QED) is 0.945. The zero-order valence-electron chi connectivity index (χ0n) is 12.4. The Balaban J connectivity index is 1.76. The SMILES string of the molecule is C[C@H]1C(=O)NCCc2cc(OCc3cccc(F)c3)ccc21. The third-order valence-electron chi connectivity index (χ3n) is 3.96. The maximum Gasteiger partial charge on any atom is 0.227 e. The van der Waals surface area contributed by atoms with Crippen molar-refractivity contribution < 1.29 is 13.9 Å². The van der Waals surface area contributed by atoms with Gasteiger partial charge in [-0.15, -0.1) is 0 Å². The van der Waals surface area contributed by atoms with Crippen LogP contribution < -0.4 is 10.1 Å². The average Bonchev–Trinajstić information content (AvgIpc) is 2.65. The first-order valence-corrected chi connectivity index (χ1v) is 7.41. The van der Waals surface area contributed by atoms with E-state index in [9.17, 15) is 9.18 Å². The summed E-state index contributed by atoms with van der Waals surface area (Å²) >= 11 is 0. The van der Waals surface area contributed by atoms with Gasteiger partial charge in [-0.2, -0.15) is 0 Å². The molecule has 0 aromatic heterocycles. The summed E-state index contributed by atoms with van der Waals surface area (Å²) in [7, 11) is 0. The molecular weight excluding hydrogens is 281 g/mol. The number of hydrogen-bond donors (Lipinski definition) is 1. The van der Waals surface area contributed by atoms with Gasteiger partial charge in [0.25, 0.3) is 0 Å². The molecule has 1 aliphatic heterocycles. The highest BCUT2D eigenvalue weighted by atomic mass is 19.1.